The molecule has 0 aliphatic rings. The zero-order chi connectivity index (χ0) is 22.5. The molecule has 2 aromatic rings. The van der Waals surface area contributed by atoms with E-state index in [1.165, 1.54) is 103 Å². The van der Waals surface area contributed by atoms with Gasteiger partial charge in [0.2, 0.25) is 0 Å². The predicted octanol–water partition coefficient (Wildman–Crippen LogP) is 8.64. The number of aryl methyl sites for hydroxylation is 1. The molecule has 0 spiro atoms. The van der Waals surface area contributed by atoms with Crippen LogP contribution in [0.2, 0.25) is 0 Å². The van der Waals surface area contributed by atoms with Gasteiger partial charge in [-0.2, -0.15) is 0 Å². The Bertz CT molecular complexity index is 736. The van der Waals surface area contributed by atoms with E-state index >= 15 is 0 Å². The molecule has 0 N–H and O–H groups in total. The van der Waals surface area contributed by atoms with Crippen LogP contribution in [0.5, 0.6) is 0 Å². The van der Waals surface area contributed by atoms with Gasteiger partial charge in [0.05, 0.1) is 0 Å². The highest BCUT2D eigenvalue weighted by Crippen LogP contribution is 2.13. The summed E-state index contributed by atoms with van der Waals surface area (Å²) in [6.07, 6.45) is 27.1. The molecule has 0 amide bonds. The van der Waals surface area contributed by atoms with Crippen LogP contribution >= 0.6 is 0 Å². The Hall–Kier alpha value is -2.07. The van der Waals surface area contributed by atoms with E-state index < -0.39 is 0 Å². The summed E-state index contributed by atoms with van der Waals surface area (Å²) in [7, 11) is 0. The van der Waals surface area contributed by atoms with Crippen molar-refractivity contribution in [1.82, 2.24) is 0 Å². The number of nitrogens with zero attached hydrogens (tertiary/aromatic N) is 1. The number of hydrogen-bond donors (Lipinski definition) is 0. The van der Waals surface area contributed by atoms with Gasteiger partial charge in [0.1, 0.15) is 6.54 Å². The Morgan fingerprint density at radius 3 is 1.38 bits per heavy atom. The first-order valence-corrected chi connectivity index (χ1v) is 13.4. The van der Waals surface area contributed by atoms with E-state index in [1.54, 1.807) is 0 Å². The largest absolute Gasteiger partial charge is 0.205 e. The molecule has 0 unspecified atom stereocenters. The maximum Gasteiger partial charge on any atom is 0.170 e. The molecular formula is C31H46N+. The average molecular weight is 433 g/mol. The number of rotatable bonds is 17. The highest BCUT2D eigenvalue weighted by molar-refractivity contribution is 5.41. The van der Waals surface area contributed by atoms with Gasteiger partial charge >= 0.3 is 0 Å². The average Bonchev–Trinajstić information content (AvgIpc) is 2.84. The number of pyridine rings is 1. The Balaban J connectivity index is 1.39. The zero-order valence-electron chi connectivity index (χ0n) is 20.7. The molecular weight excluding hydrogens is 386 g/mol. The molecule has 0 saturated heterocycles. The van der Waals surface area contributed by atoms with Gasteiger partial charge in [-0.25, -0.2) is 4.57 Å². The van der Waals surface area contributed by atoms with Crippen molar-refractivity contribution in [2.24, 2.45) is 0 Å². The molecule has 1 nitrogen and oxygen atoms in total. The molecule has 1 aromatic carbocycles. The molecule has 1 heteroatoms. The van der Waals surface area contributed by atoms with Gasteiger partial charge in [-0.15, -0.1) is 0 Å². The van der Waals surface area contributed by atoms with Crippen LogP contribution in [0.3, 0.4) is 0 Å². The summed E-state index contributed by atoms with van der Waals surface area (Å²) in [5.41, 5.74) is 2.15. The monoisotopic (exact) mass is 432 g/mol. The maximum absolute atomic E-state index is 3.25. The summed E-state index contributed by atoms with van der Waals surface area (Å²) in [4.78, 5) is 0. The molecule has 0 fully saturated rings. The number of unbranched alkanes of at least 4 members (excludes halogenated alkanes) is 15. The fraction of sp³-hybridized carbons (Fsp3) is 0.581. The van der Waals surface area contributed by atoms with Crippen molar-refractivity contribution in [3.05, 3.63) is 66.0 Å². The van der Waals surface area contributed by atoms with Crippen LogP contribution in [0.4, 0.5) is 0 Å². The summed E-state index contributed by atoms with van der Waals surface area (Å²) in [6, 6.07) is 14.4. The summed E-state index contributed by atoms with van der Waals surface area (Å²) in [5, 5.41) is 0. The molecule has 174 valence electrons. The topological polar surface area (TPSA) is 3.88 Å². The first-order valence-electron chi connectivity index (χ1n) is 13.4. The quantitative estimate of drug-likeness (QED) is 0.134. The first kappa shape index (κ1) is 26.2. The Kier molecular flexibility index (Phi) is 15.1. The molecule has 32 heavy (non-hydrogen) atoms. The minimum atomic E-state index is 1.07. The van der Waals surface area contributed by atoms with Crippen molar-refractivity contribution >= 4 is 0 Å². The second-order valence-corrected chi connectivity index (χ2v) is 9.24. The van der Waals surface area contributed by atoms with Crippen molar-refractivity contribution in [2.75, 3.05) is 0 Å². The highest BCUT2D eigenvalue weighted by Gasteiger charge is 2.00. The van der Waals surface area contributed by atoms with E-state index in [4.69, 9.17) is 0 Å². The SMILES string of the molecule is CCCCCCCCCCCCCCCCCC[n+]1ccc(C#Cc2ccccc2)cc1. The van der Waals surface area contributed by atoms with E-state index in [0.29, 0.717) is 0 Å². The van der Waals surface area contributed by atoms with Crippen molar-refractivity contribution in [3.63, 3.8) is 0 Å². The second kappa shape index (κ2) is 18.5. The minimum absolute atomic E-state index is 1.07. The van der Waals surface area contributed by atoms with Crippen molar-refractivity contribution < 1.29 is 4.57 Å². The van der Waals surface area contributed by atoms with Gasteiger partial charge in [0.15, 0.2) is 12.4 Å². The normalized spacial score (nSPS) is 10.7. The lowest BCUT2D eigenvalue weighted by molar-refractivity contribution is -0.697. The first-order chi connectivity index (χ1) is 15.9. The molecule has 1 aromatic heterocycles. The highest BCUT2D eigenvalue weighted by atomic mass is 14.9. The van der Waals surface area contributed by atoms with Gasteiger partial charge in [-0.1, -0.05) is 127 Å². The van der Waals surface area contributed by atoms with E-state index in [9.17, 15) is 0 Å². The van der Waals surface area contributed by atoms with Crippen LogP contribution in [-0.2, 0) is 6.54 Å². The molecule has 0 atom stereocenters. The van der Waals surface area contributed by atoms with Crippen molar-refractivity contribution in [1.29, 1.82) is 0 Å². The third kappa shape index (κ3) is 13.4. The fourth-order valence-corrected chi connectivity index (χ4v) is 4.20. The van der Waals surface area contributed by atoms with Gasteiger partial charge in [-0.3, -0.25) is 0 Å². The summed E-state index contributed by atoms with van der Waals surface area (Å²) in [6.45, 7) is 3.41. The summed E-state index contributed by atoms with van der Waals surface area (Å²) < 4.78 is 2.29. The smallest absolute Gasteiger partial charge is 0.170 e. The van der Waals surface area contributed by atoms with Gasteiger partial charge in [-0.05, 0) is 18.6 Å². The van der Waals surface area contributed by atoms with E-state index in [1.807, 2.05) is 30.3 Å². The lowest BCUT2D eigenvalue weighted by Gasteiger charge is -2.03. The van der Waals surface area contributed by atoms with Crippen molar-refractivity contribution in [3.8, 4) is 11.8 Å². The number of aromatic nitrogens is 1. The molecule has 2 rings (SSSR count). The van der Waals surface area contributed by atoms with Crippen LogP contribution in [0.25, 0.3) is 0 Å². The summed E-state index contributed by atoms with van der Waals surface area (Å²) in [5.74, 6) is 6.47. The van der Waals surface area contributed by atoms with Crippen LogP contribution in [0.15, 0.2) is 54.9 Å². The number of hydrogen-bond acceptors (Lipinski definition) is 0. The minimum Gasteiger partial charge on any atom is -0.205 e. The molecule has 0 bridgehead atoms. The van der Waals surface area contributed by atoms with Crippen LogP contribution in [-0.4, -0.2) is 0 Å². The number of benzene rings is 1. The lowest BCUT2D eigenvalue weighted by atomic mass is 10.0. The van der Waals surface area contributed by atoms with Crippen LogP contribution in [0, 0.1) is 11.8 Å². The van der Waals surface area contributed by atoms with Crippen LogP contribution in [0.1, 0.15) is 121 Å². The molecule has 0 aliphatic carbocycles. The molecule has 0 radical (unpaired) electrons. The Morgan fingerprint density at radius 1 is 0.500 bits per heavy atom. The van der Waals surface area contributed by atoms with Gasteiger partial charge < -0.3 is 0 Å². The molecule has 1 heterocycles. The maximum atomic E-state index is 3.25. The molecule has 0 aliphatic heterocycles. The van der Waals surface area contributed by atoms with E-state index in [2.05, 4.69) is 47.9 Å². The van der Waals surface area contributed by atoms with E-state index in [-0.39, 0.29) is 0 Å². The van der Waals surface area contributed by atoms with Gasteiger partial charge in [0.25, 0.3) is 0 Å². The standard InChI is InChI=1S/C31H46N/c1-2-3-4-5-6-7-8-9-10-11-12-13-14-15-16-20-27-32-28-25-31(26-29-32)24-23-30-21-18-17-19-22-30/h17-19,21-22,25-26,28-29H,2-16,20,27H2,1H3/q+1. The predicted molar refractivity (Wildman–Crippen MR) is 139 cm³/mol. The second-order valence-electron chi connectivity index (χ2n) is 9.24. The zero-order valence-corrected chi connectivity index (χ0v) is 20.7. The Morgan fingerprint density at radius 2 is 0.906 bits per heavy atom. The fourth-order valence-electron chi connectivity index (χ4n) is 4.20. The van der Waals surface area contributed by atoms with Crippen LogP contribution < -0.4 is 4.57 Å². The third-order valence-corrected chi connectivity index (χ3v) is 6.29. The van der Waals surface area contributed by atoms with E-state index in [0.717, 1.165) is 17.7 Å². The van der Waals surface area contributed by atoms with Crippen molar-refractivity contribution in [2.45, 2.75) is 116 Å². The third-order valence-electron chi connectivity index (χ3n) is 6.29. The Labute approximate surface area is 198 Å². The van der Waals surface area contributed by atoms with Gasteiger partial charge in [0, 0.05) is 29.7 Å². The lowest BCUT2D eigenvalue weighted by Crippen LogP contribution is -2.32. The molecule has 0 saturated carbocycles. The summed E-state index contributed by atoms with van der Waals surface area (Å²) >= 11 is 0.